The minimum Gasteiger partial charge on any atom is -0.378 e. The molecule has 3 N–H and O–H groups in total. The van der Waals surface area contributed by atoms with Gasteiger partial charge in [0, 0.05) is 25.4 Å². The zero-order valence-corrected chi connectivity index (χ0v) is 19.1. The van der Waals surface area contributed by atoms with Crippen LogP contribution in [0.3, 0.4) is 0 Å². The van der Waals surface area contributed by atoms with E-state index >= 15 is 0 Å². The molecule has 1 atom stereocenters. The maximum atomic E-state index is 13.8. The van der Waals surface area contributed by atoms with Crippen molar-refractivity contribution in [3.05, 3.63) is 64.0 Å². The van der Waals surface area contributed by atoms with Crippen molar-refractivity contribution < 1.29 is 27.3 Å². The Morgan fingerprint density at radius 1 is 1.12 bits per heavy atom. The normalized spacial score (nSPS) is 12.2. The van der Waals surface area contributed by atoms with Gasteiger partial charge in [-0.05, 0) is 30.2 Å². The molecule has 2 aromatic rings. The summed E-state index contributed by atoms with van der Waals surface area (Å²) in [5.74, 6) is -2.22. The van der Waals surface area contributed by atoms with Crippen LogP contribution in [0.1, 0.15) is 24.2 Å². The summed E-state index contributed by atoms with van der Waals surface area (Å²) in [5.41, 5.74) is -0.501. The van der Waals surface area contributed by atoms with E-state index in [1.807, 2.05) is 0 Å². The second-order valence-electron chi connectivity index (χ2n) is 7.60. The van der Waals surface area contributed by atoms with Crippen LogP contribution in [0.2, 0.25) is 0 Å². The highest BCUT2D eigenvalue weighted by Gasteiger charge is 2.25. The van der Waals surface area contributed by atoms with Crippen molar-refractivity contribution in [1.29, 1.82) is 0 Å². The molecule has 12 heteroatoms. The number of carbonyl (C=O) groups is 2. The standard InChI is InChI=1S/C21H25FN4O6S/c1-13(2)19(25-20(27)15-6-4-5-7-16(15)22)21(28)24-11-10-23-17-9-8-14(33(3,31)32)12-18(17)26(29)30/h4-9,12-13,19,23H,10-11H2,1-3H3,(H,24,28)(H,25,27)/t19-/m0/s1. The zero-order valence-electron chi connectivity index (χ0n) is 18.3. The number of sulfone groups is 1. The van der Waals surface area contributed by atoms with Crippen LogP contribution in [0, 0.1) is 21.8 Å². The monoisotopic (exact) mass is 480 g/mol. The van der Waals surface area contributed by atoms with Gasteiger partial charge in [0.15, 0.2) is 9.84 Å². The first-order chi connectivity index (χ1) is 15.4. The molecule has 0 aromatic heterocycles. The highest BCUT2D eigenvalue weighted by atomic mass is 32.2. The molecule has 0 fully saturated rings. The number of nitrogens with zero attached hydrogens (tertiary/aromatic N) is 1. The third-order valence-corrected chi connectivity index (χ3v) is 5.80. The Morgan fingerprint density at radius 2 is 1.79 bits per heavy atom. The van der Waals surface area contributed by atoms with Crippen molar-refractivity contribution in [1.82, 2.24) is 10.6 Å². The van der Waals surface area contributed by atoms with Crippen LogP contribution in [0.15, 0.2) is 47.4 Å². The lowest BCUT2D eigenvalue weighted by atomic mass is 10.0. The van der Waals surface area contributed by atoms with Gasteiger partial charge in [0.2, 0.25) is 5.91 Å². The molecule has 0 heterocycles. The Morgan fingerprint density at radius 3 is 2.36 bits per heavy atom. The summed E-state index contributed by atoms with van der Waals surface area (Å²) >= 11 is 0. The third kappa shape index (κ3) is 6.97. The second-order valence-corrected chi connectivity index (χ2v) is 9.62. The molecule has 0 aliphatic carbocycles. The molecule has 2 aromatic carbocycles. The Kier molecular flexibility index (Phi) is 8.46. The van der Waals surface area contributed by atoms with Crippen molar-refractivity contribution in [3.63, 3.8) is 0 Å². The zero-order chi connectivity index (χ0) is 24.8. The SMILES string of the molecule is CC(C)[C@H](NC(=O)c1ccccc1F)C(=O)NCCNc1ccc(S(C)(=O)=O)cc1[N+](=O)[O-]. The lowest BCUT2D eigenvalue weighted by Gasteiger charge is -2.22. The van der Waals surface area contributed by atoms with E-state index in [4.69, 9.17) is 0 Å². The Hall–Kier alpha value is -3.54. The number of hydrogen-bond donors (Lipinski definition) is 3. The number of nitro groups is 1. The summed E-state index contributed by atoms with van der Waals surface area (Å²) in [6, 6.07) is 7.97. The van der Waals surface area contributed by atoms with Gasteiger partial charge in [0.05, 0.1) is 15.4 Å². The lowest BCUT2D eigenvalue weighted by Crippen LogP contribution is -2.50. The van der Waals surface area contributed by atoms with E-state index in [0.29, 0.717) is 0 Å². The molecular formula is C21H25FN4O6S. The summed E-state index contributed by atoms with van der Waals surface area (Å²) in [7, 11) is -3.61. The van der Waals surface area contributed by atoms with Crippen molar-refractivity contribution >= 4 is 33.0 Å². The van der Waals surface area contributed by atoms with Crippen molar-refractivity contribution in [3.8, 4) is 0 Å². The molecule has 0 spiro atoms. The number of hydrogen-bond acceptors (Lipinski definition) is 7. The predicted octanol–water partition coefficient (Wildman–Crippen LogP) is 2.12. The van der Waals surface area contributed by atoms with E-state index in [1.54, 1.807) is 13.8 Å². The van der Waals surface area contributed by atoms with Crippen molar-refractivity contribution in [2.24, 2.45) is 5.92 Å². The van der Waals surface area contributed by atoms with E-state index in [0.717, 1.165) is 18.4 Å². The molecule has 2 rings (SSSR count). The van der Waals surface area contributed by atoms with Crippen LogP contribution >= 0.6 is 0 Å². The number of carbonyl (C=O) groups excluding carboxylic acids is 2. The highest BCUT2D eigenvalue weighted by Crippen LogP contribution is 2.27. The highest BCUT2D eigenvalue weighted by molar-refractivity contribution is 7.90. The summed E-state index contributed by atoms with van der Waals surface area (Å²) < 4.78 is 37.1. The fraction of sp³-hybridized carbons (Fsp3) is 0.333. The van der Waals surface area contributed by atoms with E-state index in [1.165, 1.54) is 30.3 Å². The number of nitrogens with one attached hydrogen (secondary N) is 3. The predicted molar refractivity (Wildman–Crippen MR) is 120 cm³/mol. The van der Waals surface area contributed by atoms with Crippen LogP contribution in [0.4, 0.5) is 15.8 Å². The molecule has 178 valence electrons. The van der Waals surface area contributed by atoms with Gasteiger partial charge in [-0.15, -0.1) is 0 Å². The average Bonchev–Trinajstić information content (AvgIpc) is 2.74. The summed E-state index contributed by atoms with van der Waals surface area (Å²) in [5, 5.41) is 19.2. The molecule has 0 saturated heterocycles. The molecule has 0 bridgehead atoms. The summed E-state index contributed by atoms with van der Waals surface area (Å²) in [6.07, 6.45) is 0.949. The maximum absolute atomic E-state index is 13.8. The first-order valence-electron chi connectivity index (χ1n) is 9.97. The number of rotatable bonds is 10. The quantitative estimate of drug-likeness (QED) is 0.268. The van der Waals surface area contributed by atoms with Crippen molar-refractivity contribution in [2.45, 2.75) is 24.8 Å². The van der Waals surface area contributed by atoms with Gasteiger partial charge in [-0.25, -0.2) is 12.8 Å². The van der Waals surface area contributed by atoms with Gasteiger partial charge < -0.3 is 16.0 Å². The van der Waals surface area contributed by atoms with Gasteiger partial charge in [0.1, 0.15) is 17.5 Å². The number of benzene rings is 2. The minimum atomic E-state index is -3.61. The fourth-order valence-electron chi connectivity index (χ4n) is 2.93. The molecular weight excluding hydrogens is 455 g/mol. The Labute approximate surface area is 190 Å². The van der Waals surface area contributed by atoms with Crippen LogP contribution in [0.25, 0.3) is 0 Å². The van der Waals surface area contributed by atoms with Gasteiger partial charge >= 0.3 is 0 Å². The number of halogens is 1. The number of anilines is 1. The van der Waals surface area contributed by atoms with Crippen LogP contribution in [0.5, 0.6) is 0 Å². The minimum absolute atomic E-state index is 0.0581. The smallest absolute Gasteiger partial charge is 0.293 e. The first kappa shape index (κ1) is 25.7. The average molecular weight is 481 g/mol. The molecule has 2 amide bonds. The van der Waals surface area contributed by atoms with E-state index in [2.05, 4.69) is 16.0 Å². The number of amides is 2. The third-order valence-electron chi connectivity index (χ3n) is 4.69. The maximum Gasteiger partial charge on any atom is 0.293 e. The van der Waals surface area contributed by atoms with Crippen LogP contribution in [-0.4, -0.2) is 50.5 Å². The van der Waals surface area contributed by atoms with E-state index < -0.39 is 44.1 Å². The molecule has 0 aliphatic rings. The Bertz CT molecular complexity index is 1150. The largest absolute Gasteiger partial charge is 0.378 e. The number of nitro benzene ring substituents is 1. The van der Waals surface area contributed by atoms with Gasteiger partial charge in [-0.2, -0.15) is 0 Å². The van der Waals surface area contributed by atoms with E-state index in [9.17, 15) is 32.5 Å². The fourth-order valence-corrected chi connectivity index (χ4v) is 3.58. The molecule has 0 radical (unpaired) electrons. The summed E-state index contributed by atoms with van der Waals surface area (Å²) in [6.45, 7) is 3.59. The molecule has 10 nitrogen and oxygen atoms in total. The van der Waals surface area contributed by atoms with Crippen LogP contribution < -0.4 is 16.0 Å². The topological polar surface area (TPSA) is 148 Å². The van der Waals surface area contributed by atoms with Gasteiger partial charge in [0.25, 0.3) is 11.6 Å². The first-order valence-corrected chi connectivity index (χ1v) is 11.9. The van der Waals surface area contributed by atoms with Gasteiger partial charge in [-0.1, -0.05) is 26.0 Å². The lowest BCUT2D eigenvalue weighted by molar-refractivity contribution is -0.384. The Balaban J connectivity index is 1.99. The van der Waals surface area contributed by atoms with Crippen molar-refractivity contribution in [2.75, 3.05) is 24.7 Å². The van der Waals surface area contributed by atoms with Crippen LogP contribution in [-0.2, 0) is 14.6 Å². The molecule has 0 saturated carbocycles. The molecule has 0 aliphatic heterocycles. The van der Waals surface area contributed by atoms with E-state index in [-0.39, 0.29) is 35.2 Å². The summed E-state index contributed by atoms with van der Waals surface area (Å²) in [4.78, 5) is 35.3. The second kappa shape index (κ2) is 10.9. The molecule has 33 heavy (non-hydrogen) atoms. The molecule has 0 unspecified atom stereocenters. The van der Waals surface area contributed by atoms with Gasteiger partial charge in [-0.3, -0.25) is 19.7 Å².